The summed E-state index contributed by atoms with van der Waals surface area (Å²) in [4.78, 5) is 24.7. The molecule has 0 fully saturated rings. The Hall–Kier alpha value is -3.13. The van der Waals surface area contributed by atoms with E-state index in [2.05, 4.69) is 10.4 Å². The van der Waals surface area contributed by atoms with Gasteiger partial charge in [0.05, 0.1) is 17.7 Å². The fraction of sp³-hybridized carbons (Fsp3) is 0.118. The number of ether oxygens (including phenoxy) is 1. The molecule has 8 heteroatoms. The minimum atomic E-state index is -1.16. The summed E-state index contributed by atoms with van der Waals surface area (Å²) in [6, 6.07) is 9.91. The molecule has 3 aromatic rings. The van der Waals surface area contributed by atoms with Crippen molar-refractivity contribution in [2.24, 2.45) is 7.05 Å². The van der Waals surface area contributed by atoms with Crippen molar-refractivity contribution in [1.29, 1.82) is 0 Å². The van der Waals surface area contributed by atoms with Crippen molar-refractivity contribution < 1.29 is 19.4 Å². The molecule has 2 N–H and O–H groups in total. The highest BCUT2D eigenvalue weighted by molar-refractivity contribution is 7.13. The molecule has 3 rings (SSSR count). The number of methoxy groups -OCH3 is 1. The first kappa shape index (κ1) is 16.7. The third-order valence-electron chi connectivity index (χ3n) is 3.59. The van der Waals surface area contributed by atoms with Crippen LogP contribution in [0.15, 0.2) is 41.8 Å². The van der Waals surface area contributed by atoms with Crippen LogP contribution in [0.4, 0.5) is 5.82 Å². The minimum Gasteiger partial charge on any atom is -0.496 e. The van der Waals surface area contributed by atoms with Gasteiger partial charge in [-0.05, 0) is 29.6 Å². The number of benzene rings is 1. The SMILES string of the molecule is COc1ccc(C(=O)Nc2cc(-c3cccs3)n(C)n2)cc1C(=O)O. The molecule has 0 aliphatic carbocycles. The van der Waals surface area contributed by atoms with Crippen molar-refractivity contribution in [3.05, 3.63) is 52.9 Å². The van der Waals surface area contributed by atoms with Crippen LogP contribution >= 0.6 is 11.3 Å². The average molecular weight is 357 g/mol. The summed E-state index contributed by atoms with van der Waals surface area (Å²) in [6.45, 7) is 0. The molecule has 0 atom stereocenters. The number of thiophene rings is 1. The first-order valence-corrected chi connectivity index (χ1v) is 8.18. The smallest absolute Gasteiger partial charge is 0.339 e. The maximum Gasteiger partial charge on any atom is 0.339 e. The fourth-order valence-corrected chi connectivity index (χ4v) is 3.16. The van der Waals surface area contributed by atoms with Crippen LogP contribution in [0.2, 0.25) is 0 Å². The van der Waals surface area contributed by atoms with E-state index >= 15 is 0 Å². The van der Waals surface area contributed by atoms with Gasteiger partial charge < -0.3 is 15.2 Å². The number of carboxylic acid groups (broad SMARTS) is 1. The first-order chi connectivity index (χ1) is 12.0. The van der Waals surface area contributed by atoms with E-state index in [1.807, 2.05) is 17.5 Å². The second-order valence-electron chi connectivity index (χ2n) is 5.19. The Morgan fingerprint density at radius 3 is 2.72 bits per heavy atom. The topological polar surface area (TPSA) is 93.5 Å². The van der Waals surface area contributed by atoms with E-state index in [9.17, 15) is 14.7 Å². The van der Waals surface area contributed by atoms with Gasteiger partial charge in [-0.15, -0.1) is 11.3 Å². The second kappa shape index (κ2) is 6.78. The van der Waals surface area contributed by atoms with Crippen LogP contribution in [-0.2, 0) is 7.05 Å². The highest BCUT2D eigenvalue weighted by Crippen LogP contribution is 2.27. The summed E-state index contributed by atoms with van der Waals surface area (Å²) < 4.78 is 6.67. The lowest BCUT2D eigenvalue weighted by atomic mass is 10.1. The molecule has 1 aromatic carbocycles. The van der Waals surface area contributed by atoms with E-state index in [0.29, 0.717) is 5.82 Å². The first-order valence-electron chi connectivity index (χ1n) is 7.30. The lowest BCUT2D eigenvalue weighted by Gasteiger charge is -2.07. The maximum absolute atomic E-state index is 12.4. The van der Waals surface area contributed by atoms with E-state index < -0.39 is 11.9 Å². The second-order valence-corrected chi connectivity index (χ2v) is 6.14. The van der Waals surface area contributed by atoms with Crippen molar-refractivity contribution in [3.63, 3.8) is 0 Å². The summed E-state index contributed by atoms with van der Waals surface area (Å²) in [7, 11) is 3.17. The number of rotatable bonds is 5. The minimum absolute atomic E-state index is 0.0737. The third kappa shape index (κ3) is 3.38. The van der Waals surface area contributed by atoms with Crippen molar-refractivity contribution >= 4 is 29.0 Å². The van der Waals surface area contributed by atoms with Gasteiger partial charge in [-0.2, -0.15) is 5.10 Å². The van der Waals surface area contributed by atoms with Crippen LogP contribution in [0.1, 0.15) is 20.7 Å². The van der Waals surface area contributed by atoms with Crippen LogP contribution < -0.4 is 10.1 Å². The third-order valence-corrected chi connectivity index (χ3v) is 4.48. The van der Waals surface area contributed by atoms with E-state index in [1.54, 1.807) is 29.1 Å². The van der Waals surface area contributed by atoms with Crippen LogP contribution in [-0.4, -0.2) is 33.9 Å². The maximum atomic E-state index is 12.4. The number of amides is 1. The quantitative estimate of drug-likeness (QED) is 0.732. The van der Waals surface area contributed by atoms with E-state index in [1.165, 1.54) is 25.3 Å². The van der Waals surface area contributed by atoms with Crippen LogP contribution in [0, 0.1) is 0 Å². The number of anilines is 1. The number of carbonyl (C=O) groups excluding carboxylic acids is 1. The predicted octanol–water partition coefficient (Wildman–Crippen LogP) is 3.11. The predicted molar refractivity (Wildman–Crippen MR) is 94.4 cm³/mol. The average Bonchev–Trinajstić information content (AvgIpc) is 3.23. The molecule has 7 nitrogen and oxygen atoms in total. The standard InChI is InChI=1S/C17H15N3O4S/c1-20-12(14-4-3-7-25-14)9-15(19-20)18-16(21)10-5-6-13(24-2)11(8-10)17(22)23/h3-9H,1-2H3,(H,22,23)(H,18,19,21). The highest BCUT2D eigenvalue weighted by atomic mass is 32.1. The molecule has 1 amide bonds. The monoisotopic (exact) mass is 357 g/mol. The Kier molecular flexibility index (Phi) is 4.53. The van der Waals surface area contributed by atoms with Crippen LogP contribution in [0.25, 0.3) is 10.6 Å². The number of hydrogen-bond donors (Lipinski definition) is 2. The van der Waals surface area contributed by atoms with Gasteiger partial charge in [0.1, 0.15) is 11.3 Å². The van der Waals surface area contributed by atoms with Gasteiger partial charge >= 0.3 is 5.97 Å². The number of carbonyl (C=O) groups is 2. The molecule has 0 bridgehead atoms. The normalized spacial score (nSPS) is 10.5. The Labute approximate surface area is 147 Å². The molecule has 2 aromatic heterocycles. The Balaban J connectivity index is 1.85. The van der Waals surface area contributed by atoms with Gasteiger partial charge in [0.2, 0.25) is 0 Å². The molecule has 0 unspecified atom stereocenters. The van der Waals surface area contributed by atoms with Gasteiger partial charge in [0.15, 0.2) is 5.82 Å². The number of nitrogens with one attached hydrogen (secondary N) is 1. The Morgan fingerprint density at radius 2 is 2.08 bits per heavy atom. The Morgan fingerprint density at radius 1 is 1.28 bits per heavy atom. The van der Waals surface area contributed by atoms with Gasteiger partial charge in [-0.1, -0.05) is 6.07 Å². The molecule has 0 aliphatic heterocycles. The summed E-state index contributed by atoms with van der Waals surface area (Å²) in [5, 5.41) is 18.1. The van der Waals surface area contributed by atoms with E-state index in [-0.39, 0.29) is 16.9 Å². The molecule has 128 valence electrons. The molecule has 2 heterocycles. The van der Waals surface area contributed by atoms with E-state index in [4.69, 9.17) is 4.74 Å². The van der Waals surface area contributed by atoms with Crippen molar-refractivity contribution in [1.82, 2.24) is 9.78 Å². The number of aromatic nitrogens is 2. The molecule has 0 radical (unpaired) electrons. The number of carboxylic acids is 1. The van der Waals surface area contributed by atoms with Crippen molar-refractivity contribution in [3.8, 4) is 16.3 Å². The van der Waals surface area contributed by atoms with Crippen molar-refractivity contribution in [2.45, 2.75) is 0 Å². The Bertz CT molecular complexity index is 932. The van der Waals surface area contributed by atoms with E-state index in [0.717, 1.165) is 10.6 Å². The van der Waals surface area contributed by atoms with Crippen LogP contribution in [0.3, 0.4) is 0 Å². The van der Waals surface area contributed by atoms with Gasteiger partial charge in [0.25, 0.3) is 5.91 Å². The molecule has 25 heavy (non-hydrogen) atoms. The summed E-state index contributed by atoms with van der Waals surface area (Å²) >= 11 is 1.58. The zero-order valence-corrected chi connectivity index (χ0v) is 14.3. The number of nitrogens with zero attached hydrogens (tertiary/aromatic N) is 2. The number of aryl methyl sites for hydroxylation is 1. The molecular weight excluding hydrogens is 342 g/mol. The summed E-state index contributed by atoms with van der Waals surface area (Å²) in [5.41, 5.74) is 1.02. The van der Waals surface area contributed by atoms with Crippen molar-refractivity contribution in [2.75, 3.05) is 12.4 Å². The molecule has 0 spiro atoms. The highest BCUT2D eigenvalue weighted by Gasteiger charge is 2.16. The summed E-state index contributed by atoms with van der Waals surface area (Å²) in [5.74, 6) is -1.02. The zero-order valence-electron chi connectivity index (χ0n) is 13.5. The lowest BCUT2D eigenvalue weighted by Crippen LogP contribution is -2.14. The van der Waals surface area contributed by atoms with Gasteiger partial charge in [-0.3, -0.25) is 9.48 Å². The largest absolute Gasteiger partial charge is 0.496 e. The summed E-state index contributed by atoms with van der Waals surface area (Å²) in [6.07, 6.45) is 0. The van der Waals surface area contributed by atoms with Crippen LogP contribution in [0.5, 0.6) is 5.75 Å². The molecule has 0 aliphatic rings. The molecule has 0 saturated carbocycles. The fourth-order valence-electron chi connectivity index (χ4n) is 2.39. The van der Waals surface area contributed by atoms with Gasteiger partial charge in [0, 0.05) is 18.7 Å². The molecular formula is C17H15N3O4S. The molecule has 0 saturated heterocycles. The number of aromatic carboxylic acids is 1. The zero-order chi connectivity index (χ0) is 18.0. The number of hydrogen-bond acceptors (Lipinski definition) is 5. The van der Waals surface area contributed by atoms with Gasteiger partial charge in [-0.25, -0.2) is 4.79 Å². The lowest BCUT2D eigenvalue weighted by molar-refractivity contribution is 0.0693.